The van der Waals surface area contributed by atoms with Crippen LogP contribution in [0.1, 0.15) is 12.8 Å². The van der Waals surface area contributed by atoms with E-state index in [4.69, 9.17) is 5.11 Å². The van der Waals surface area contributed by atoms with E-state index in [1.165, 1.54) is 11.0 Å². The van der Waals surface area contributed by atoms with Gasteiger partial charge < -0.3 is 15.3 Å². The monoisotopic (exact) mass is 297 g/mol. The van der Waals surface area contributed by atoms with Crippen molar-refractivity contribution in [1.82, 2.24) is 4.90 Å². The van der Waals surface area contributed by atoms with Crippen LogP contribution in [0.5, 0.6) is 0 Å². The Labute approximate surface area is 120 Å². The molecule has 1 fully saturated rings. The van der Waals surface area contributed by atoms with Crippen molar-refractivity contribution in [1.29, 1.82) is 0 Å². The van der Waals surface area contributed by atoms with Crippen molar-refractivity contribution >= 4 is 17.3 Å². The van der Waals surface area contributed by atoms with Crippen LogP contribution in [0.25, 0.3) is 0 Å². The van der Waals surface area contributed by atoms with E-state index in [9.17, 15) is 19.3 Å². The van der Waals surface area contributed by atoms with Crippen LogP contribution in [0.4, 0.5) is 15.8 Å². The molecule has 1 amide bonds. The van der Waals surface area contributed by atoms with Crippen molar-refractivity contribution in [2.45, 2.75) is 18.9 Å². The third kappa shape index (κ3) is 3.46. The fourth-order valence-corrected chi connectivity index (χ4v) is 2.38. The highest BCUT2D eigenvalue weighted by molar-refractivity contribution is 5.86. The summed E-state index contributed by atoms with van der Waals surface area (Å²) in [6.07, 6.45) is 1.27. The molecule has 1 heterocycles. The van der Waals surface area contributed by atoms with Crippen molar-refractivity contribution < 1.29 is 19.2 Å². The number of nitrogens with one attached hydrogen (secondary N) is 1. The second-order valence-electron chi connectivity index (χ2n) is 4.81. The minimum Gasteiger partial charge on any atom is -0.395 e. The Morgan fingerprint density at radius 2 is 2.29 bits per heavy atom. The molecule has 2 N–H and O–H groups in total. The molecule has 0 bridgehead atoms. The Morgan fingerprint density at radius 3 is 2.95 bits per heavy atom. The first kappa shape index (κ1) is 15.2. The Balaban J connectivity index is 2.17. The highest BCUT2D eigenvalue weighted by Gasteiger charge is 2.29. The number of carbonyl (C=O) groups is 1. The molecule has 0 unspecified atom stereocenters. The normalized spacial score (nSPS) is 18.7. The van der Waals surface area contributed by atoms with Crippen molar-refractivity contribution in [3.8, 4) is 0 Å². The van der Waals surface area contributed by atoms with Gasteiger partial charge in [0.2, 0.25) is 5.91 Å². The third-order valence-corrected chi connectivity index (χ3v) is 3.39. The summed E-state index contributed by atoms with van der Waals surface area (Å²) < 4.78 is 13.1. The van der Waals surface area contributed by atoms with Gasteiger partial charge in [-0.15, -0.1) is 0 Å². The van der Waals surface area contributed by atoms with Gasteiger partial charge >= 0.3 is 0 Å². The van der Waals surface area contributed by atoms with Crippen LogP contribution in [0.3, 0.4) is 0 Å². The number of nitro benzene ring substituents is 1. The molecule has 1 aromatic rings. The molecular weight excluding hydrogens is 281 g/mol. The zero-order valence-electron chi connectivity index (χ0n) is 11.3. The second-order valence-corrected chi connectivity index (χ2v) is 4.81. The molecule has 0 aromatic heterocycles. The smallest absolute Gasteiger partial charge is 0.295 e. The lowest BCUT2D eigenvalue weighted by Gasteiger charge is -2.32. The van der Waals surface area contributed by atoms with E-state index in [0.29, 0.717) is 13.0 Å². The van der Waals surface area contributed by atoms with Crippen molar-refractivity contribution in [2.24, 2.45) is 0 Å². The van der Waals surface area contributed by atoms with E-state index >= 15 is 0 Å². The largest absolute Gasteiger partial charge is 0.395 e. The maximum absolute atomic E-state index is 13.1. The Hall–Kier alpha value is -2.22. The molecule has 1 aliphatic rings. The molecule has 21 heavy (non-hydrogen) atoms. The van der Waals surface area contributed by atoms with E-state index in [1.54, 1.807) is 0 Å². The molecule has 8 heteroatoms. The van der Waals surface area contributed by atoms with Crippen LogP contribution in [-0.4, -0.2) is 46.6 Å². The molecule has 0 aliphatic carbocycles. The lowest BCUT2D eigenvalue weighted by molar-refractivity contribution is -0.384. The van der Waals surface area contributed by atoms with E-state index in [0.717, 1.165) is 18.6 Å². The van der Waals surface area contributed by atoms with E-state index in [-0.39, 0.29) is 24.7 Å². The first-order chi connectivity index (χ1) is 10.0. The maximum Gasteiger partial charge on any atom is 0.295 e. The summed E-state index contributed by atoms with van der Waals surface area (Å²) in [5.74, 6) is -0.918. The number of β-amino-alcohol motifs (C(OH)–C–C–N with tert-alkyl or cyclic N) is 1. The van der Waals surface area contributed by atoms with Gasteiger partial charge in [0.1, 0.15) is 17.5 Å². The summed E-state index contributed by atoms with van der Waals surface area (Å²) in [7, 11) is 0. The number of likely N-dealkylation sites (tertiary alicyclic amines) is 1. The summed E-state index contributed by atoms with van der Waals surface area (Å²) >= 11 is 0. The van der Waals surface area contributed by atoms with Gasteiger partial charge in [-0.2, -0.15) is 0 Å². The number of nitrogens with zero attached hydrogens (tertiary/aromatic N) is 2. The average molecular weight is 297 g/mol. The molecule has 0 saturated carbocycles. The number of piperidine rings is 1. The van der Waals surface area contributed by atoms with Crippen LogP contribution in [0.2, 0.25) is 0 Å². The average Bonchev–Trinajstić information content (AvgIpc) is 2.45. The number of nitro groups is 1. The van der Waals surface area contributed by atoms with E-state index < -0.39 is 22.5 Å². The molecule has 1 aliphatic heterocycles. The number of carbonyl (C=O) groups excluding carboxylic acids is 1. The van der Waals surface area contributed by atoms with Crippen LogP contribution in [-0.2, 0) is 4.79 Å². The summed E-state index contributed by atoms with van der Waals surface area (Å²) in [5, 5.41) is 22.7. The number of anilines is 1. The molecule has 0 spiro atoms. The fraction of sp³-hybridized carbons (Fsp3) is 0.462. The molecule has 1 saturated heterocycles. The molecule has 2 rings (SSSR count). The highest BCUT2D eigenvalue weighted by atomic mass is 19.1. The summed E-state index contributed by atoms with van der Waals surface area (Å²) in [5.41, 5.74) is -0.285. The first-order valence-electron chi connectivity index (χ1n) is 6.63. The standard InChI is InChI=1S/C13H16FN3O4/c14-9-3-4-10(12(8-9)17(20)21)15-11-2-1-5-16(6-7-18)13(11)19/h3-4,8,11,15,18H,1-2,5-7H2/t11-/m0/s1. The summed E-state index contributed by atoms with van der Waals surface area (Å²) in [4.78, 5) is 23.9. The Morgan fingerprint density at radius 1 is 1.52 bits per heavy atom. The number of hydrogen-bond acceptors (Lipinski definition) is 5. The predicted molar refractivity (Wildman–Crippen MR) is 73.4 cm³/mol. The van der Waals surface area contributed by atoms with Crippen LogP contribution < -0.4 is 5.32 Å². The first-order valence-corrected chi connectivity index (χ1v) is 6.63. The predicted octanol–water partition coefficient (Wildman–Crippen LogP) is 1.13. The molecular formula is C13H16FN3O4. The number of aliphatic hydroxyl groups is 1. The molecule has 0 radical (unpaired) electrons. The van der Waals surface area contributed by atoms with Crippen LogP contribution in [0.15, 0.2) is 18.2 Å². The van der Waals surface area contributed by atoms with Gasteiger partial charge in [0.25, 0.3) is 5.69 Å². The molecule has 114 valence electrons. The van der Waals surface area contributed by atoms with Crippen LogP contribution >= 0.6 is 0 Å². The Bertz CT molecular complexity index is 550. The summed E-state index contributed by atoms with van der Waals surface area (Å²) in [6, 6.07) is 2.58. The number of rotatable bonds is 5. The fourth-order valence-electron chi connectivity index (χ4n) is 2.38. The van der Waals surface area contributed by atoms with E-state index in [2.05, 4.69) is 5.32 Å². The molecule has 7 nitrogen and oxygen atoms in total. The number of aliphatic hydroxyl groups excluding tert-OH is 1. The second kappa shape index (κ2) is 6.49. The Kier molecular flexibility index (Phi) is 4.69. The third-order valence-electron chi connectivity index (χ3n) is 3.39. The number of benzene rings is 1. The van der Waals surface area contributed by atoms with Crippen LogP contribution in [0, 0.1) is 15.9 Å². The van der Waals surface area contributed by atoms with Gasteiger partial charge in [-0.05, 0) is 25.0 Å². The zero-order valence-corrected chi connectivity index (χ0v) is 11.3. The topological polar surface area (TPSA) is 95.7 Å². The number of halogens is 1. The van der Waals surface area contributed by atoms with Gasteiger partial charge in [0.05, 0.1) is 17.6 Å². The van der Waals surface area contributed by atoms with Gasteiger partial charge in [-0.1, -0.05) is 0 Å². The van der Waals surface area contributed by atoms with Gasteiger partial charge in [0, 0.05) is 13.1 Å². The van der Waals surface area contributed by atoms with E-state index in [1.807, 2.05) is 0 Å². The molecule has 1 aromatic carbocycles. The van der Waals surface area contributed by atoms with Gasteiger partial charge in [0.15, 0.2) is 0 Å². The van der Waals surface area contributed by atoms with Gasteiger partial charge in [-0.3, -0.25) is 14.9 Å². The number of hydrogen-bond donors (Lipinski definition) is 2. The molecule has 1 atom stereocenters. The van der Waals surface area contributed by atoms with Crippen molar-refractivity contribution in [3.63, 3.8) is 0 Å². The highest BCUT2D eigenvalue weighted by Crippen LogP contribution is 2.27. The quantitative estimate of drug-likeness (QED) is 0.627. The number of amides is 1. The SMILES string of the molecule is O=C1[C@@H](Nc2ccc(F)cc2[N+](=O)[O-])CCCN1CCO. The lowest BCUT2D eigenvalue weighted by atomic mass is 10.0. The minimum atomic E-state index is -0.705. The van der Waals surface area contributed by atoms with Crippen molar-refractivity contribution in [2.75, 3.05) is 25.0 Å². The lowest BCUT2D eigenvalue weighted by Crippen LogP contribution is -2.48. The minimum absolute atomic E-state index is 0.116. The maximum atomic E-state index is 13.1. The van der Waals surface area contributed by atoms with Gasteiger partial charge in [-0.25, -0.2) is 4.39 Å². The summed E-state index contributed by atoms with van der Waals surface area (Å²) in [6.45, 7) is 0.667. The van der Waals surface area contributed by atoms with Crippen molar-refractivity contribution in [3.05, 3.63) is 34.1 Å². The zero-order chi connectivity index (χ0) is 15.4.